The molecule has 1 aliphatic heterocycles. The summed E-state index contributed by atoms with van der Waals surface area (Å²) < 4.78 is 0. The first-order valence-corrected chi connectivity index (χ1v) is 6.87. The van der Waals surface area contributed by atoms with Gasteiger partial charge in [0.15, 0.2) is 5.78 Å². The lowest BCUT2D eigenvalue weighted by Gasteiger charge is -2.31. The molecule has 0 aliphatic carbocycles. The van der Waals surface area contributed by atoms with Gasteiger partial charge < -0.3 is 0 Å². The van der Waals surface area contributed by atoms with Crippen LogP contribution in [0.4, 0.5) is 0 Å². The number of likely N-dealkylation sites (N-methyl/N-ethyl adjacent to an activating group) is 1. The molecule has 1 fully saturated rings. The maximum atomic E-state index is 12.4. The molecular formula is C17H27NO. The summed E-state index contributed by atoms with van der Waals surface area (Å²) in [6.45, 7) is 5.25. The van der Waals surface area contributed by atoms with Gasteiger partial charge in [-0.15, -0.1) is 0 Å². The van der Waals surface area contributed by atoms with Crippen molar-refractivity contribution in [2.24, 2.45) is 0 Å². The SMILES string of the molecule is C.Cc1cccc(C)c1CC(=O)C1CCCCN1C. The number of likely N-dealkylation sites (tertiary alicyclic amines) is 1. The Balaban J connectivity index is 0.00000180. The molecule has 1 atom stereocenters. The summed E-state index contributed by atoms with van der Waals surface area (Å²) in [7, 11) is 2.08. The van der Waals surface area contributed by atoms with E-state index in [0.29, 0.717) is 12.2 Å². The van der Waals surface area contributed by atoms with Crippen LogP contribution in [0.5, 0.6) is 0 Å². The van der Waals surface area contributed by atoms with Gasteiger partial charge in [0.25, 0.3) is 0 Å². The third kappa shape index (κ3) is 3.66. The van der Waals surface area contributed by atoms with E-state index >= 15 is 0 Å². The van der Waals surface area contributed by atoms with E-state index in [1.807, 2.05) is 0 Å². The predicted octanol–water partition coefficient (Wildman–Crippen LogP) is 3.54. The third-order valence-corrected chi connectivity index (χ3v) is 4.14. The molecule has 0 spiro atoms. The van der Waals surface area contributed by atoms with Gasteiger partial charge in [-0.3, -0.25) is 9.69 Å². The average molecular weight is 261 g/mol. The molecule has 2 rings (SSSR count). The number of Topliss-reactive ketones (excluding diaryl/α,β-unsaturated/α-hetero) is 1. The second-order valence-electron chi connectivity index (χ2n) is 5.51. The molecule has 106 valence electrons. The van der Waals surface area contributed by atoms with Crippen molar-refractivity contribution in [3.63, 3.8) is 0 Å². The van der Waals surface area contributed by atoms with Crippen LogP contribution in [0.3, 0.4) is 0 Å². The maximum Gasteiger partial charge on any atom is 0.154 e. The van der Waals surface area contributed by atoms with Crippen molar-refractivity contribution >= 4 is 5.78 Å². The van der Waals surface area contributed by atoms with Crippen LogP contribution < -0.4 is 0 Å². The van der Waals surface area contributed by atoms with Gasteiger partial charge in [-0.2, -0.15) is 0 Å². The zero-order valence-electron chi connectivity index (χ0n) is 11.7. The van der Waals surface area contributed by atoms with Crippen LogP contribution >= 0.6 is 0 Å². The first-order chi connectivity index (χ1) is 8.59. The van der Waals surface area contributed by atoms with Crippen molar-refractivity contribution in [2.45, 2.75) is 53.0 Å². The zero-order valence-corrected chi connectivity index (χ0v) is 11.7. The summed E-state index contributed by atoms with van der Waals surface area (Å²) >= 11 is 0. The maximum absolute atomic E-state index is 12.4. The summed E-state index contributed by atoms with van der Waals surface area (Å²) in [5, 5.41) is 0. The fraction of sp³-hybridized carbons (Fsp3) is 0.588. The van der Waals surface area contributed by atoms with E-state index in [0.717, 1.165) is 13.0 Å². The minimum Gasteiger partial charge on any atom is -0.298 e. The first-order valence-electron chi connectivity index (χ1n) is 6.87. The smallest absolute Gasteiger partial charge is 0.154 e. The fourth-order valence-electron chi connectivity index (χ4n) is 2.90. The van der Waals surface area contributed by atoms with Gasteiger partial charge >= 0.3 is 0 Å². The molecule has 1 saturated heterocycles. The second-order valence-corrected chi connectivity index (χ2v) is 5.51. The number of aryl methyl sites for hydroxylation is 2. The molecule has 1 aliphatic rings. The summed E-state index contributed by atoms with van der Waals surface area (Å²) in [4.78, 5) is 14.7. The first kappa shape index (κ1) is 15.9. The van der Waals surface area contributed by atoms with Crippen LogP contribution in [0.25, 0.3) is 0 Å². The van der Waals surface area contributed by atoms with E-state index in [4.69, 9.17) is 0 Å². The molecule has 1 unspecified atom stereocenters. The Morgan fingerprint density at radius 1 is 1.26 bits per heavy atom. The highest BCUT2D eigenvalue weighted by Gasteiger charge is 2.26. The summed E-state index contributed by atoms with van der Waals surface area (Å²) in [5.74, 6) is 0.384. The van der Waals surface area contributed by atoms with Crippen LogP contribution in [0.1, 0.15) is 43.4 Å². The van der Waals surface area contributed by atoms with Gasteiger partial charge in [-0.05, 0) is 57.0 Å². The van der Waals surface area contributed by atoms with Crippen molar-refractivity contribution < 1.29 is 4.79 Å². The second kappa shape index (κ2) is 6.85. The topological polar surface area (TPSA) is 20.3 Å². The molecular weight excluding hydrogens is 234 g/mol. The molecule has 0 radical (unpaired) electrons. The Hall–Kier alpha value is -1.15. The number of hydrogen-bond acceptors (Lipinski definition) is 2. The molecule has 2 nitrogen and oxygen atoms in total. The van der Waals surface area contributed by atoms with Gasteiger partial charge in [0.2, 0.25) is 0 Å². The highest BCUT2D eigenvalue weighted by atomic mass is 16.1. The van der Waals surface area contributed by atoms with Crippen LogP contribution in [-0.4, -0.2) is 30.3 Å². The lowest BCUT2D eigenvalue weighted by atomic mass is 9.92. The van der Waals surface area contributed by atoms with Crippen molar-refractivity contribution in [2.75, 3.05) is 13.6 Å². The number of nitrogens with zero attached hydrogens (tertiary/aromatic N) is 1. The van der Waals surface area contributed by atoms with E-state index in [-0.39, 0.29) is 13.5 Å². The number of ketones is 1. The lowest BCUT2D eigenvalue weighted by Crippen LogP contribution is -2.42. The standard InChI is InChI=1S/C16H23NO.CH4/c1-12-7-6-8-13(2)14(12)11-16(18)15-9-4-5-10-17(15)3;/h6-8,15H,4-5,9-11H2,1-3H3;1H4. The van der Waals surface area contributed by atoms with Gasteiger partial charge in [0.1, 0.15) is 0 Å². The zero-order chi connectivity index (χ0) is 13.1. The Kier molecular flexibility index (Phi) is 5.74. The largest absolute Gasteiger partial charge is 0.298 e. The van der Waals surface area contributed by atoms with Crippen LogP contribution in [0, 0.1) is 13.8 Å². The van der Waals surface area contributed by atoms with Crippen LogP contribution in [0.2, 0.25) is 0 Å². The summed E-state index contributed by atoms with van der Waals surface area (Å²) in [6, 6.07) is 6.39. The number of piperidine rings is 1. The van der Waals surface area contributed by atoms with E-state index in [1.54, 1.807) is 0 Å². The predicted molar refractivity (Wildman–Crippen MR) is 81.6 cm³/mol. The molecule has 2 heteroatoms. The molecule has 1 heterocycles. The Morgan fingerprint density at radius 3 is 2.47 bits per heavy atom. The molecule has 0 saturated carbocycles. The molecule has 0 amide bonds. The Labute approximate surface area is 117 Å². The molecule has 0 N–H and O–H groups in total. The molecule has 0 aromatic heterocycles. The molecule has 1 aromatic rings. The van der Waals surface area contributed by atoms with Crippen LogP contribution in [0.15, 0.2) is 18.2 Å². The molecule has 0 bridgehead atoms. The number of hydrogen-bond donors (Lipinski definition) is 0. The van der Waals surface area contributed by atoms with E-state index in [2.05, 4.69) is 44.0 Å². The van der Waals surface area contributed by atoms with E-state index < -0.39 is 0 Å². The van der Waals surface area contributed by atoms with E-state index in [9.17, 15) is 4.79 Å². The third-order valence-electron chi connectivity index (χ3n) is 4.14. The number of rotatable bonds is 3. The van der Waals surface area contributed by atoms with Gasteiger partial charge in [-0.1, -0.05) is 32.0 Å². The van der Waals surface area contributed by atoms with Crippen LogP contribution in [-0.2, 0) is 11.2 Å². The minimum absolute atomic E-state index is 0. The van der Waals surface area contributed by atoms with Crippen molar-refractivity contribution in [3.05, 3.63) is 34.9 Å². The van der Waals surface area contributed by atoms with Gasteiger partial charge in [-0.25, -0.2) is 0 Å². The fourth-order valence-corrected chi connectivity index (χ4v) is 2.90. The summed E-state index contributed by atoms with van der Waals surface area (Å²) in [6.07, 6.45) is 4.03. The minimum atomic E-state index is 0. The lowest BCUT2D eigenvalue weighted by molar-refractivity contribution is -0.124. The van der Waals surface area contributed by atoms with Gasteiger partial charge in [0, 0.05) is 6.42 Å². The molecule has 19 heavy (non-hydrogen) atoms. The number of carbonyl (C=O) groups is 1. The molecule has 1 aromatic carbocycles. The monoisotopic (exact) mass is 261 g/mol. The normalized spacial score (nSPS) is 19.8. The Bertz CT molecular complexity index is 419. The van der Waals surface area contributed by atoms with Crippen molar-refractivity contribution in [3.8, 4) is 0 Å². The summed E-state index contributed by atoms with van der Waals surface area (Å²) in [5.41, 5.74) is 3.70. The van der Waals surface area contributed by atoms with Crippen molar-refractivity contribution in [1.82, 2.24) is 4.90 Å². The van der Waals surface area contributed by atoms with E-state index in [1.165, 1.54) is 29.5 Å². The number of carbonyl (C=O) groups excluding carboxylic acids is 1. The average Bonchev–Trinajstić information content (AvgIpc) is 2.34. The Morgan fingerprint density at radius 2 is 1.89 bits per heavy atom. The highest BCUT2D eigenvalue weighted by molar-refractivity contribution is 5.86. The van der Waals surface area contributed by atoms with Crippen molar-refractivity contribution in [1.29, 1.82) is 0 Å². The number of benzene rings is 1. The van der Waals surface area contributed by atoms with Gasteiger partial charge in [0.05, 0.1) is 6.04 Å². The highest BCUT2D eigenvalue weighted by Crippen LogP contribution is 2.20. The quantitative estimate of drug-likeness (QED) is 0.829.